The number of nitrogens with one attached hydrogen (secondary N) is 1. The number of benzene rings is 1. The van der Waals surface area contributed by atoms with E-state index in [0.29, 0.717) is 23.8 Å². The Morgan fingerprint density at radius 2 is 2.08 bits per heavy atom. The first-order valence-electron chi connectivity index (χ1n) is 7.72. The third-order valence-corrected chi connectivity index (χ3v) is 4.65. The van der Waals surface area contributed by atoms with Crippen molar-refractivity contribution in [1.82, 2.24) is 10.1 Å². The first-order chi connectivity index (χ1) is 11.6. The molecule has 9 heteroatoms. The van der Waals surface area contributed by atoms with Gasteiger partial charge in [-0.2, -0.15) is 4.98 Å². The SMILES string of the molecule is Cc1ccc(NC(=O)CS(=O)(=O)Cc2noc(CC(C)C)n2)cc1F. The topological polar surface area (TPSA) is 102 Å². The van der Waals surface area contributed by atoms with Crippen molar-refractivity contribution in [2.75, 3.05) is 11.1 Å². The summed E-state index contributed by atoms with van der Waals surface area (Å²) in [6, 6.07) is 4.13. The van der Waals surface area contributed by atoms with Crippen LogP contribution >= 0.6 is 0 Å². The summed E-state index contributed by atoms with van der Waals surface area (Å²) in [7, 11) is -3.78. The Labute approximate surface area is 145 Å². The first kappa shape index (κ1) is 19.0. The van der Waals surface area contributed by atoms with Crippen molar-refractivity contribution in [3.63, 3.8) is 0 Å². The van der Waals surface area contributed by atoms with Gasteiger partial charge in [-0.15, -0.1) is 0 Å². The summed E-state index contributed by atoms with van der Waals surface area (Å²) in [6.45, 7) is 5.53. The zero-order valence-corrected chi connectivity index (χ0v) is 15.1. The van der Waals surface area contributed by atoms with Gasteiger partial charge in [0.1, 0.15) is 17.3 Å². The van der Waals surface area contributed by atoms with Crippen LogP contribution in [0, 0.1) is 18.7 Å². The minimum Gasteiger partial charge on any atom is -0.339 e. The smallest absolute Gasteiger partial charge is 0.239 e. The Hall–Kier alpha value is -2.29. The molecule has 0 fully saturated rings. The van der Waals surface area contributed by atoms with Crippen molar-refractivity contribution >= 4 is 21.4 Å². The molecule has 0 radical (unpaired) electrons. The standard InChI is InChI=1S/C16H20FN3O4S/c1-10(2)6-16-19-14(20-24-16)8-25(22,23)9-15(21)18-12-5-4-11(3)13(17)7-12/h4-5,7,10H,6,8-9H2,1-3H3,(H,18,21). The predicted molar refractivity (Wildman–Crippen MR) is 90.1 cm³/mol. The van der Waals surface area contributed by atoms with Crippen molar-refractivity contribution in [2.45, 2.75) is 32.9 Å². The maximum atomic E-state index is 13.5. The fourth-order valence-electron chi connectivity index (χ4n) is 2.10. The number of sulfone groups is 1. The molecule has 0 saturated carbocycles. The lowest BCUT2D eigenvalue weighted by Gasteiger charge is -2.06. The molecule has 0 aliphatic heterocycles. The van der Waals surface area contributed by atoms with Crippen LogP contribution in [0.3, 0.4) is 0 Å². The zero-order valence-electron chi connectivity index (χ0n) is 14.2. The second-order valence-electron chi connectivity index (χ2n) is 6.25. The van der Waals surface area contributed by atoms with Crippen LogP contribution in [0.1, 0.15) is 31.1 Å². The number of halogens is 1. The van der Waals surface area contributed by atoms with E-state index in [0.717, 1.165) is 6.07 Å². The van der Waals surface area contributed by atoms with Crippen molar-refractivity contribution in [2.24, 2.45) is 5.92 Å². The molecule has 136 valence electrons. The van der Waals surface area contributed by atoms with E-state index >= 15 is 0 Å². The summed E-state index contributed by atoms with van der Waals surface area (Å²) in [5, 5.41) is 5.98. The normalized spacial score (nSPS) is 11.7. The van der Waals surface area contributed by atoms with E-state index in [9.17, 15) is 17.6 Å². The molecule has 0 atom stereocenters. The molecule has 0 aliphatic rings. The molecule has 1 amide bonds. The predicted octanol–water partition coefficient (Wildman–Crippen LogP) is 2.27. The van der Waals surface area contributed by atoms with Gasteiger partial charge in [0.2, 0.25) is 11.8 Å². The number of aryl methyl sites for hydroxylation is 1. The average molecular weight is 369 g/mol. The fourth-order valence-corrected chi connectivity index (χ4v) is 3.18. The van der Waals surface area contributed by atoms with Crippen LogP contribution < -0.4 is 5.32 Å². The molecule has 2 rings (SSSR count). The molecule has 0 bridgehead atoms. The summed E-state index contributed by atoms with van der Waals surface area (Å²) in [6.07, 6.45) is 0.548. The second-order valence-corrected chi connectivity index (χ2v) is 8.31. The molecule has 25 heavy (non-hydrogen) atoms. The number of anilines is 1. The van der Waals surface area contributed by atoms with Gasteiger partial charge in [-0.3, -0.25) is 4.79 Å². The highest BCUT2D eigenvalue weighted by Gasteiger charge is 2.21. The molecule has 0 saturated heterocycles. The molecule has 0 spiro atoms. The highest BCUT2D eigenvalue weighted by Crippen LogP contribution is 2.14. The van der Waals surface area contributed by atoms with Crippen molar-refractivity contribution in [3.05, 3.63) is 41.3 Å². The van der Waals surface area contributed by atoms with Crippen LogP contribution in [-0.4, -0.2) is 30.2 Å². The van der Waals surface area contributed by atoms with Gasteiger partial charge in [0.25, 0.3) is 0 Å². The lowest BCUT2D eigenvalue weighted by Crippen LogP contribution is -2.24. The number of hydrogen-bond acceptors (Lipinski definition) is 6. The lowest BCUT2D eigenvalue weighted by molar-refractivity contribution is -0.113. The maximum Gasteiger partial charge on any atom is 0.239 e. The van der Waals surface area contributed by atoms with Gasteiger partial charge in [-0.1, -0.05) is 25.1 Å². The van der Waals surface area contributed by atoms with Crippen LogP contribution in [0.2, 0.25) is 0 Å². The largest absolute Gasteiger partial charge is 0.339 e. The Morgan fingerprint density at radius 3 is 2.72 bits per heavy atom. The third-order valence-electron chi connectivity index (χ3n) is 3.25. The lowest BCUT2D eigenvalue weighted by atomic mass is 10.1. The van der Waals surface area contributed by atoms with Gasteiger partial charge in [-0.05, 0) is 30.5 Å². The van der Waals surface area contributed by atoms with Crippen molar-refractivity contribution < 1.29 is 22.1 Å². The molecular formula is C16H20FN3O4S. The molecule has 0 unspecified atom stereocenters. The van der Waals surface area contributed by atoms with Crippen LogP contribution in [0.4, 0.5) is 10.1 Å². The number of rotatable bonds is 7. The molecule has 1 aromatic heterocycles. The molecule has 7 nitrogen and oxygen atoms in total. The van der Waals surface area contributed by atoms with E-state index in [1.807, 2.05) is 13.8 Å². The van der Waals surface area contributed by atoms with Crippen molar-refractivity contribution in [1.29, 1.82) is 0 Å². The van der Waals surface area contributed by atoms with Crippen molar-refractivity contribution in [3.8, 4) is 0 Å². The zero-order chi connectivity index (χ0) is 18.6. The van der Waals surface area contributed by atoms with E-state index in [-0.39, 0.29) is 11.5 Å². The highest BCUT2D eigenvalue weighted by molar-refractivity contribution is 7.91. The Morgan fingerprint density at radius 1 is 1.36 bits per heavy atom. The number of carbonyl (C=O) groups excluding carboxylic acids is 1. The quantitative estimate of drug-likeness (QED) is 0.803. The number of aromatic nitrogens is 2. The van der Waals surface area contributed by atoms with Crippen LogP contribution in [0.5, 0.6) is 0 Å². The van der Waals surface area contributed by atoms with E-state index in [1.165, 1.54) is 12.1 Å². The highest BCUT2D eigenvalue weighted by atomic mass is 32.2. The first-order valence-corrected chi connectivity index (χ1v) is 9.54. The summed E-state index contributed by atoms with van der Waals surface area (Å²) in [5.41, 5.74) is 0.627. The van der Waals surface area contributed by atoms with Gasteiger partial charge in [0.15, 0.2) is 15.7 Å². The van der Waals surface area contributed by atoms with Crippen LogP contribution in [-0.2, 0) is 26.8 Å². The molecule has 0 aliphatic carbocycles. The minimum atomic E-state index is -3.78. The summed E-state index contributed by atoms with van der Waals surface area (Å²) in [5.74, 6) is -1.81. The van der Waals surface area contributed by atoms with Crippen LogP contribution in [0.15, 0.2) is 22.7 Å². The maximum absolute atomic E-state index is 13.5. The van der Waals surface area contributed by atoms with Gasteiger partial charge >= 0.3 is 0 Å². The summed E-state index contributed by atoms with van der Waals surface area (Å²) in [4.78, 5) is 15.9. The van der Waals surface area contributed by atoms with Crippen LogP contribution in [0.25, 0.3) is 0 Å². The summed E-state index contributed by atoms with van der Waals surface area (Å²) < 4.78 is 42.6. The minimum absolute atomic E-state index is 0.0184. The third kappa shape index (κ3) is 5.93. The number of hydrogen-bond donors (Lipinski definition) is 1. The van der Waals surface area contributed by atoms with Gasteiger partial charge < -0.3 is 9.84 Å². The molecule has 1 aromatic carbocycles. The van der Waals surface area contributed by atoms with Gasteiger partial charge in [0.05, 0.1) is 0 Å². The molecule has 1 N–H and O–H groups in total. The van der Waals surface area contributed by atoms with E-state index in [2.05, 4.69) is 15.5 Å². The van der Waals surface area contributed by atoms with E-state index < -0.39 is 33.1 Å². The Bertz CT molecular complexity index is 862. The molecule has 1 heterocycles. The number of carbonyl (C=O) groups is 1. The Kier molecular flexibility index (Phi) is 5.89. The summed E-state index contributed by atoms with van der Waals surface area (Å²) >= 11 is 0. The molecule has 2 aromatic rings. The van der Waals surface area contributed by atoms with E-state index in [4.69, 9.17) is 4.52 Å². The van der Waals surface area contributed by atoms with Gasteiger partial charge in [-0.25, -0.2) is 12.8 Å². The molecular weight excluding hydrogens is 349 g/mol. The second kappa shape index (κ2) is 7.73. The van der Waals surface area contributed by atoms with Gasteiger partial charge in [0, 0.05) is 12.1 Å². The fraction of sp³-hybridized carbons (Fsp3) is 0.438. The number of nitrogens with zero attached hydrogens (tertiary/aromatic N) is 2. The Balaban J connectivity index is 1.96. The van der Waals surface area contributed by atoms with E-state index in [1.54, 1.807) is 6.92 Å². The monoisotopic (exact) mass is 369 g/mol. The average Bonchev–Trinajstić information content (AvgIpc) is 2.87. The number of amides is 1.